The van der Waals surface area contributed by atoms with Gasteiger partial charge in [-0.25, -0.2) is 0 Å². The maximum atomic E-state index is 4.74. The Balaban J connectivity index is 1.43. The lowest BCUT2D eigenvalue weighted by molar-refractivity contribution is 0.408. The third kappa shape index (κ3) is 6.28. The van der Waals surface area contributed by atoms with E-state index in [0.29, 0.717) is 5.92 Å². The van der Waals surface area contributed by atoms with Gasteiger partial charge >= 0.3 is 0 Å². The van der Waals surface area contributed by atoms with E-state index in [1.54, 1.807) is 0 Å². The predicted molar refractivity (Wildman–Crippen MR) is 188 cm³/mol. The number of rotatable bonds is 5. The molecule has 0 unspecified atom stereocenters. The molecule has 2 aromatic heterocycles. The van der Waals surface area contributed by atoms with Gasteiger partial charge in [0.15, 0.2) is 0 Å². The minimum atomic E-state index is 0.583. The monoisotopic (exact) mass is 582 g/mol. The first-order chi connectivity index (χ1) is 22.2. The Morgan fingerprint density at radius 1 is 0.533 bits per heavy atom. The molecular weight excluding hydrogens is 544 g/mol. The van der Waals surface area contributed by atoms with E-state index in [-0.39, 0.29) is 0 Å². The molecule has 2 aliphatic rings. The molecule has 2 heteroatoms. The van der Waals surface area contributed by atoms with Gasteiger partial charge < -0.3 is 0 Å². The van der Waals surface area contributed by atoms with E-state index >= 15 is 0 Å². The Labute approximate surface area is 266 Å². The molecule has 0 saturated heterocycles. The summed E-state index contributed by atoms with van der Waals surface area (Å²) in [5.74, 6) is 0.583. The lowest BCUT2D eigenvalue weighted by Gasteiger charge is -2.24. The highest BCUT2D eigenvalue weighted by molar-refractivity contribution is 5.83. The van der Waals surface area contributed by atoms with E-state index in [4.69, 9.17) is 6.58 Å². The number of aromatic nitrogens is 2. The van der Waals surface area contributed by atoms with E-state index in [2.05, 4.69) is 125 Å². The third-order valence-corrected chi connectivity index (χ3v) is 9.33. The molecule has 5 aromatic rings. The van der Waals surface area contributed by atoms with E-state index in [9.17, 15) is 0 Å². The van der Waals surface area contributed by atoms with Crippen molar-refractivity contribution in [1.82, 2.24) is 9.97 Å². The zero-order chi connectivity index (χ0) is 30.4. The molecule has 2 nitrogen and oxygen atoms in total. The van der Waals surface area contributed by atoms with Crippen LogP contribution in [-0.2, 0) is 0 Å². The average Bonchev–Trinajstić information content (AvgIpc) is 3.11. The lowest BCUT2D eigenvalue weighted by Crippen LogP contribution is -2.30. The Hall–Kier alpha value is -5.08. The fraction of sp³-hybridized carbons (Fsp3) is 0.163. The number of hydrogen-bond acceptors (Lipinski definition) is 2. The summed E-state index contributed by atoms with van der Waals surface area (Å²) in [6.45, 7) is 4.74. The van der Waals surface area contributed by atoms with Crippen LogP contribution < -0.4 is 10.4 Å². The number of hydrogen-bond donors (Lipinski definition) is 0. The molecule has 0 N–H and O–H groups in total. The normalized spacial score (nSPS) is 20.1. The second-order valence-electron chi connectivity index (χ2n) is 12.1. The Morgan fingerprint density at radius 3 is 1.64 bits per heavy atom. The van der Waals surface area contributed by atoms with Crippen molar-refractivity contribution >= 4 is 11.1 Å². The van der Waals surface area contributed by atoms with Crippen LogP contribution >= 0.6 is 0 Å². The Kier molecular flexibility index (Phi) is 8.46. The van der Waals surface area contributed by atoms with Crippen molar-refractivity contribution in [2.75, 3.05) is 0 Å². The van der Waals surface area contributed by atoms with Crippen LogP contribution in [0.4, 0.5) is 0 Å². The van der Waals surface area contributed by atoms with Crippen molar-refractivity contribution < 1.29 is 0 Å². The van der Waals surface area contributed by atoms with Crippen LogP contribution in [-0.4, -0.2) is 9.97 Å². The summed E-state index contributed by atoms with van der Waals surface area (Å²) in [5.41, 5.74) is 12.2. The van der Waals surface area contributed by atoms with Gasteiger partial charge in [-0.3, -0.25) is 9.97 Å². The van der Waals surface area contributed by atoms with Gasteiger partial charge in [0.05, 0.1) is 0 Å². The van der Waals surface area contributed by atoms with Crippen molar-refractivity contribution in [1.29, 1.82) is 0 Å². The SMILES string of the molecule is C=C1/C=C(C2CCCCC2)\C=C/C/C(c2ccc(-c3ccncc3)cc2)=c2/cccc/c2=C/1c1ccc(-c2ccncc2)cc1. The summed E-state index contributed by atoms with van der Waals surface area (Å²) >= 11 is 0. The van der Waals surface area contributed by atoms with E-state index in [1.165, 1.54) is 92.6 Å². The fourth-order valence-corrected chi connectivity index (χ4v) is 6.97. The molecule has 2 aliphatic carbocycles. The zero-order valence-corrected chi connectivity index (χ0v) is 25.7. The standard InChI is InChI=1S/C43H38N2/c1-31-30-39(32-8-3-2-4-9-32)10-7-13-40(37-18-14-33(15-19-37)35-22-26-44-27-23-35)41-11-5-6-12-42(41)43(31)38-20-16-34(17-21-38)36-24-28-45-29-25-36/h5-7,10-12,14-30,32H,1-4,8-9,13H2/b10-7-,39-30+,41-40+,43-42+. The van der Waals surface area contributed by atoms with Gasteiger partial charge in [0.2, 0.25) is 0 Å². The molecular formula is C43H38N2. The van der Waals surface area contributed by atoms with Crippen LogP contribution in [0.25, 0.3) is 33.4 Å². The first-order valence-corrected chi connectivity index (χ1v) is 16.2. The smallest absolute Gasteiger partial charge is 0.0273 e. The molecule has 0 radical (unpaired) electrons. The van der Waals surface area contributed by atoms with Crippen LogP contribution in [0.1, 0.15) is 49.7 Å². The number of pyridine rings is 2. The van der Waals surface area contributed by atoms with Crippen LogP contribution in [0.5, 0.6) is 0 Å². The quantitative estimate of drug-likeness (QED) is 0.206. The third-order valence-electron chi connectivity index (χ3n) is 9.33. The largest absolute Gasteiger partial charge is 0.265 e. The molecule has 0 amide bonds. The molecule has 0 bridgehead atoms. The molecule has 0 spiro atoms. The first kappa shape index (κ1) is 28.7. The maximum absolute atomic E-state index is 4.74. The Bertz CT molecular complexity index is 1980. The molecule has 1 saturated carbocycles. The van der Waals surface area contributed by atoms with Crippen molar-refractivity contribution in [3.05, 3.63) is 179 Å². The minimum Gasteiger partial charge on any atom is -0.265 e. The molecule has 220 valence electrons. The fourth-order valence-electron chi connectivity index (χ4n) is 6.97. The molecule has 0 atom stereocenters. The zero-order valence-electron chi connectivity index (χ0n) is 25.7. The summed E-state index contributed by atoms with van der Waals surface area (Å²) in [6, 6.07) is 35.1. The summed E-state index contributed by atoms with van der Waals surface area (Å²) in [6.07, 6.45) is 21.9. The second-order valence-corrected chi connectivity index (χ2v) is 12.1. The van der Waals surface area contributed by atoms with Gasteiger partial charge in [-0.2, -0.15) is 0 Å². The van der Waals surface area contributed by atoms with E-state index in [1.807, 2.05) is 24.8 Å². The highest BCUT2D eigenvalue weighted by Crippen LogP contribution is 2.34. The number of fused-ring (bicyclic) bond motifs is 1. The summed E-state index contributed by atoms with van der Waals surface area (Å²) in [5, 5.41) is 2.48. The van der Waals surface area contributed by atoms with Crippen molar-refractivity contribution in [2.24, 2.45) is 5.92 Å². The van der Waals surface area contributed by atoms with Gasteiger partial charge in [0.25, 0.3) is 0 Å². The predicted octanol–water partition coefficient (Wildman–Crippen LogP) is 9.23. The lowest BCUT2D eigenvalue weighted by atomic mass is 9.81. The van der Waals surface area contributed by atoms with Gasteiger partial charge in [0, 0.05) is 24.8 Å². The molecule has 2 heterocycles. The minimum absolute atomic E-state index is 0.583. The van der Waals surface area contributed by atoms with Crippen molar-refractivity contribution in [2.45, 2.75) is 38.5 Å². The molecule has 3 aromatic carbocycles. The topological polar surface area (TPSA) is 25.8 Å². The molecule has 45 heavy (non-hydrogen) atoms. The van der Waals surface area contributed by atoms with Crippen LogP contribution in [0.3, 0.4) is 0 Å². The van der Waals surface area contributed by atoms with Gasteiger partial charge in [-0.1, -0.05) is 117 Å². The highest BCUT2D eigenvalue weighted by Gasteiger charge is 2.19. The number of allylic oxidation sites excluding steroid dienone is 5. The number of benzene rings is 3. The van der Waals surface area contributed by atoms with Crippen LogP contribution in [0.15, 0.2) is 158 Å². The second kappa shape index (κ2) is 13.3. The van der Waals surface area contributed by atoms with Gasteiger partial charge in [-0.15, -0.1) is 0 Å². The molecule has 1 fully saturated rings. The van der Waals surface area contributed by atoms with Crippen molar-refractivity contribution in [3.63, 3.8) is 0 Å². The number of nitrogens with zero attached hydrogens (tertiary/aromatic N) is 2. The first-order valence-electron chi connectivity index (χ1n) is 16.2. The molecule has 0 aliphatic heterocycles. The summed E-state index contributed by atoms with van der Waals surface area (Å²) in [7, 11) is 0. The molecule has 7 rings (SSSR count). The van der Waals surface area contributed by atoms with E-state index < -0.39 is 0 Å². The van der Waals surface area contributed by atoms with Gasteiger partial charge in [-0.05, 0) is 116 Å². The highest BCUT2D eigenvalue weighted by atomic mass is 14.6. The maximum Gasteiger partial charge on any atom is 0.0273 e. The summed E-state index contributed by atoms with van der Waals surface area (Å²) in [4.78, 5) is 8.39. The van der Waals surface area contributed by atoms with Crippen molar-refractivity contribution in [3.8, 4) is 22.3 Å². The van der Waals surface area contributed by atoms with E-state index in [0.717, 1.165) is 12.0 Å². The van der Waals surface area contributed by atoms with Crippen LogP contribution in [0.2, 0.25) is 0 Å². The summed E-state index contributed by atoms with van der Waals surface area (Å²) < 4.78 is 0. The average molecular weight is 583 g/mol. The van der Waals surface area contributed by atoms with Gasteiger partial charge in [0.1, 0.15) is 0 Å². The van der Waals surface area contributed by atoms with Crippen LogP contribution in [0, 0.1) is 5.92 Å². The Morgan fingerprint density at radius 2 is 1.04 bits per heavy atom.